The lowest BCUT2D eigenvalue weighted by molar-refractivity contribution is 0.0946. The lowest BCUT2D eigenvalue weighted by atomic mass is 9.78. The normalized spacial score (nSPS) is 15.2. The molecule has 0 spiro atoms. The first-order valence-electron chi connectivity index (χ1n) is 6.96. The summed E-state index contributed by atoms with van der Waals surface area (Å²) < 4.78 is 0. The first-order valence-corrected chi connectivity index (χ1v) is 6.96. The van der Waals surface area contributed by atoms with Crippen molar-refractivity contribution in [3.8, 4) is 0 Å². The van der Waals surface area contributed by atoms with Gasteiger partial charge in [0.2, 0.25) is 0 Å². The maximum absolute atomic E-state index is 11.7. The van der Waals surface area contributed by atoms with Crippen molar-refractivity contribution in [2.24, 2.45) is 0 Å². The lowest BCUT2D eigenvalue weighted by Crippen LogP contribution is -2.32. The van der Waals surface area contributed by atoms with Gasteiger partial charge in [0, 0.05) is 12.1 Å². The summed E-state index contributed by atoms with van der Waals surface area (Å²) in [6.45, 7) is 7.60. The Morgan fingerprint density at radius 1 is 1.33 bits per heavy atom. The highest BCUT2D eigenvalue weighted by Crippen LogP contribution is 2.31. The zero-order chi connectivity index (χ0) is 13.2. The fourth-order valence-electron chi connectivity index (χ4n) is 2.61. The summed E-state index contributed by atoms with van der Waals surface area (Å²) in [6, 6.07) is 6.36. The van der Waals surface area contributed by atoms with Crippen LogP contribution in [0.2, 0.25) is 0 Å². The van der Waals surface area contributed by atoms with E-state index < -0.39 is 0 Å². The number of benzene rings is 1. The fourth-order valence-corrected chi connectivity index (χ4v) is 2.61. The van der Waals surface area contributed by atoms with E-state index in [9.17, 15) is 4.79 Å². The molecule has 1 N–H and O–H groups in total. The SMILES string of the molecule is CCCCC(C)(C)c1ccc2c(c1)CCNC2=O. The van der Waals surface area contributed by atoms with Gasteiger partial charge in [-0.3, -0.25) is 4.79 Å². The van der Waals surface area contributed by atoms with Crippen molar-refractivity contribution in [2.45, 2.75) is 51.9 Å². The number of nitrogens with one attached hydrogen (secondary N) is 1. The Kier molecular flexibility index (Phi) is 3.74. The number of carbonyl (C=O) groups excluding carboxylic acids is 1. The Morgan fingerprint density at radius 3 is 2.83 bits per heavy atom. The van der Waals surface area contributed by atoms with Crippen molar-refractivity contribution in [1.29, 1.82) is 0 Å². The standard InChI is InChI=1S/C16H23NO/c1-4-5-9-16(2,3)13-6-7-14-12(11-13)8-10-17-15(14)18/h6-7,11H,4-5,8-10H2,1-3H3,(H,17,18). The van der Waals surface area contributed by atoms with E-state index in [1.54, 1.807) is 0 Å². The van der Waals surface area contributed by atoms with E-state index in [0.29, 0.717) is 0 Å². The number of rotatable bonds is 4. The molecular formula is C16H23NO. The fraction of sp³-hybridized carbons (Fsp3) is 0.562. The molecule has 0 saturated carbocycles. The molecule has 2 heteroatoms. The predicted molar refractivity (Wildman–Crippen MR) is 75.0 cm³/mol. The van der Waals surface area contributed by atoms with E-state index in [1.807, 2.05) is 6.07 Å². The van der Waals surface area contributed by atoms with Crippen LogP contribution < -0.4 is 5.32 Å². The minimum absolute atomic E-state index is 0.0779. The molecular weight excluding hydrogens is 222 g/mol. The number of amides is 1. The maximum atomic E-state index is 11.7. The predicted octanol–water partition coefficient (Wildman–Crippen LogP) is 3.44. The molecule has 98 valence electrons. The van der Waals surface area contributed by atoms with Gasteiger partial charge in [0.05, 0.1) is 0 Å². The van der Waals surface area contributed by atoms with E-state index in [1.165, 1.54) is 30.4 Å². The van der Waals surface area contributed by atoms with Crippen LogP contribution in [0.15, 0.2) is 18.2 Å². The third kappa shape index (κ3) is 2.58. The minimum atomic E-state index is 0.0779. The number of unbranched alkanes of at least 4 members (excludes halogenated alkanes) is 1. The number of carbonyl (C=O) groups is 1. The van der Waals surface area contributed by atoms with Gasteiger partial charge in [-0.1, -0.05) is 45.7 Å². The van der Waals surface area contributed by atoms with Crippen LogP contribution in [-0.4, -0.2) is 12.5 Å². The van der Waals surface area contributed by atoms with Crippen LogP contribution in [0.25, 0.3) is 0 Å². The van der Waals surface area contributed by atoms with E-state index in [0.717, 1.165) is 18.5 Å². The maximum Gasteiger partial charge on any atom is 0.251 e. The van der Waals surface area contributed by atoms with Gasteiger partial charge in [0.25, 0.3) is 5.91 Å². The van der Waals surface area contributed by atoms with E-state index >= 15 is 0 Å². The molecule has 0 radical (unpaired) electrons. The highest BCUT2D eigenvalue weighted by molar-refractivity contribution is 5.96. The molecule has 18 heavy (non-hydrogen) atoms. The molecule has 2 nitrogen and oxygen atoms in total. The molecule has 1 aromatic carbocycles. The van der Waals surface area contributed by atoms with Gasteiger partial charge < -0.3 is 5.32 Å². The average molecular weight is 245 g/mol. The molecule has 0 fully saturated rings. The molecule has 1 amide bonds. The molecule has 0 atom stereocenters. The van der Waals surface area contributed by atoms with Gasteiger partial charge in [-0.2, -0.15) is 0 Å². The quantitative estimate of drug-likeness (QED) is 0.865. The second-order valence-electron chi connectivity index (χ2n) is 5.87. The lowest BCUT2D eigenvalue weighted by Gasteiger charge is -2.27. The zero-order valence-corrected chi connectivity index (χ0v) is 11.7. The van der Waals surface area contributed by atoms with Crippen molar-refractivity contribution in [2.75, 3.05) is 6.54 Å². The summed E-state index contributed by atoms with van der Waals surface area (Å²) in [4.78, 5) is 11.7. The highest BCUT2D eigenvalue weighted by atomic mass is 16.1. The molecule has 1 aliphatic heterocycles. The third-order valence-electron chi connectivity index (χ3n) is 3.97. The van der Waals surface area contributed by atoms with Gasteiger partial charge >= 0.3 is 0 Å². The van der Waals surface area contributed by atoms with Crippen molar-refractivity contribution < 1.29 is 4.79 Å². The molecule has 1 heterocycles. The zero-order valence-electron chi connectivity index (χ0n) is 11.7. The van der Waals surface area contributed by atoms with Crippen LogP contribution in [0.1, 0.15) is 61.5 Å². The van der Waals surface area contributed by atoms with E-state index in [-0.39, 0.29) is 11.3 Å². The van der Waals surface area contributed by atoms with Crippen LogP contribution in [0.3, 0.4) is 0 Å². The molecule has 2 rings (SSSR count). The van der Waals surface area contributed by atoms with Crippen LogP contribution in [0, 0.1) is 0 Å². The molecule has 0 unspecified atom stereocenters. The second-order valence-corrected chi connectivity index (χ2v) is 5.87. The third-order valence-corrected chi connectivity index (χ3v) is 3.97. The summed E-state index contributed by atoms with van der Waals surface area (Å²) in [6.07, 6.45) is 4.65. The Hall–Kier alpha value is -1.31. The van der Waals surface area contributed by atoms with Crippen molar-refractivity contribution in [1.82, 2.24) is 5.32 Å². The van der Waals surface area contributed by atoms with Gasteiger partial charge in [0.15, 0.2) is 0 Å². The largest absolute Gasteiger partial charge is 0.352 e. The first kappa shape index (κ1) is 13.1. The first-order chi connectivity index (χ1) is 8.54. The summed E-state index contributed by atoms with van der Waals surface area (Å²) in [7, 11) is 0. The van der Waals surface area contributed by atoms with E-state index in [4.69, 9.17) is 0 Å². The van der Waals surface area contributed by atoms with Gasteiger partial charge in [-0.25, -0.2) is 0 Å². The van der Waals surface area contributed by atoms with Crippen LogP contribution in [0.5, 0.6) is 0 Å². The summed E-state index contributed by atoms with van der Waals surface area (Å²) in [5.41, 5.74) is 3.64. The van der Waals surface area contributed by atoms with E-state index in [2.05, 4.69) is 38.2 Å². The van der Waals surface area contributed by atoms with Gasteiger partial charge in [-0.15, -0.1) is 0 Å². The second kappa shape index (κ2) is 5.13. The Balaban J connectivity index is 2.28. The number of hydrogen-bond donors (Lipinski definition) is 1. The van der Waals surface area contributed by atoms with Crippen molar-refractivity contribution >= 4 is 5.91 Å². The topological polar surface area (TPSA) is 29.1 Å². The number of fused-ring (bicyclic) bond motifs is 1. The van der Waals surface area contributed by atoms with Gasteiger partial charge in [0.1, 0.15) is 0 Å². The molecule has 0 saturated heterocycles. The van der Waals surface area contributed by atoms with Gasteiger partial charge in [-0.05, 0) is 35.4 Å². The minimum Gasteiger partial charge on any atom is -0.352 e. The molecule has 1 aromatic rings. The highest BCUT2D eigenvalue weighted by Gasteiger charge is 2.23. The van der Waals surface area contributed by atoms with Crippen LogP contribution in [-0.2, 0) is 11.8 Å². The van der Waals surface area contributed by atoms with Crippen LogP contribution in [0.4, 0.5) is 0 Å². The summed E-state index contributed by atoms with van der Waals surface area (Å²) in [5, 5.41) is 2.89. The smallest absolute Gasteiger partial charge is 0.251 e. The Labute approximate surface area is 110 Å². The van der Waals surface area contributed by atoms with Crippen LogP contribution >= 0.6 is 0 Å². The van der Waals surface area contributed by atoms with Crippen molar-refractivity contribution in [3.05, 3.63) is 34.9 Å². The Bertz CT molecular complexity index is 448. The molecule has 1 aliphatic rings. The monoisotopic (exact) mass is 245 g/mol. The number of hydrogen-bond acceptors (Lipinski definition) is 1. The summed E-state index contributed by atoms with van der Waals surface area (Å²) in [5.74, 6) is 0.0779. The van der Waals surface area contributed by atoms with Crippen molar-refractivity contribution in [3.63, 3.8) is 0 Å². The average Bonchev–Trinajstić information content (AvgIpc) is 2.36. The molecule has 0 bridgehead atoms. The Morgan fingerprint density at radius 2 is 2.11 bits per heavy atom. The molecule has 0 aromatic heterocycles. The molecule has 0 aliphatic carbocycles. The summed E-state index contributed by atoms with van der Waals surface area (Å²) >= 11 is 0.